The first kappa shape index (κ1) is 47.4. The van der Waals surface area contributed by atoms with Crippen molar-refractivity contribution in [3.63, 3.8) is 0 Å². The number of likely N-dealkylation sites (N-methyl/N-ethyl adjacent to an activating group) is 1. The number of unbranched alkanes of at least 4 members (excludes halogenated alkanes) is 1. The highest BCUT2D eigenvalue weighted by molar-refractivity contribution is 5.99. The van der Waals surface area contributed by atoms with E-state index in [0.717, 1.165) is 40.9 Å². The van der Waals surface area contributed by atoms with Crippen molar-refractivity contribution in [1.29, 1.82) is 0 Å². The van der Waals surface area contributed by atoms with Gasteiger partial charge in [-0.15, -0.1) is 0 Å². The van der Waals surface area contributed by atoms with E-state index >= 15 is 0 Å². The Kier molecular flexibility index (Phi) is 17.8. The number of benzene rings is 3. The zero-order valence-electron chi connectivity index (χ0n) is 35.4. The van der Waals surface area contributed by atoms with Crippen molar-refractivity contribution in [2.24, 2.45) is 17.2 Å². The molecule has 0 unspecified atom stereocenters. The lowest BCUT2D eigenvalue weighted by Gasteiger charge is -2.32. The van der Waals surface area contributed by atoms with Crippen molar-refractivity contribution in [3.8, 4) is 22.6 Å². The lowest BCUT2D eigenvalue weighted by Crippen LogP contribution is -2.56. The van der Waals surface area contributed by atoms with Crippen LogP contribution in [0.5, 0.6) is 11.5 Å². The van der Waals surface area contributed by atoms with E-state index in [1.54, 1.807) is 48.5 Å². The third-order valence-corrected chi connectivity index (χ3v) is 10.3. The van der Waals surface area contributed by atoms with E-state index in [2.05, 4.69) is 29.5 Å². The molecule has 4 rings (SSSR count). The van der Waals surface area contributed by atoms with Crippen molar-refractivity contribution >= 4 is 35.2 Å². The number of carbonyl (C=O) groups excluding carboxylic acids is 4. The van der Waals surface area contributed by atoms with E-state index in [9.17, 15) is 29.1 Å². The molecule has 326 valence electrons. The molecule has 0 aromatic heterocycles. The number of nitrogens with zero attached hydrogens (tertiary/aromatic N) is 1. The number of amides is 4. The molecule has 1 aliphatic heterocycles. The van der Waals surface area contributed by atoms with Crippen LogP contribution in [0.2, 0.25) is 0 Å². The van der Waals surface area contributed by atoms with E-state index in [1.165, 1.54) is 14.0 Å². The number of allylic oxidation sites excluding steroid dienone is 5. The lowest BCUT2D eigenvalue weighted by atomic mass is 9.93. The first-order chi connectivity index (χ1) is 29.3. The summed E-state index contributed by atoms with van der Waals surface area (Å²) in [5.41, 5.74) is 22.8. The molecule has 0 saturated heterocycles. The summed E-state index contributed by atoms with van der Waals surface area (Å²) >= 11 is 0. The standard InChI is InChI=1S/C46H59N7O8/c1-6-8-9-30(7-2)11-10-28(3)32-13-15-33(16-14-32)43(55)52-38(27-49)45(57)53(5)41-34-17-19-40(61-23-21-48)36(26-34)35-24-31(12-18-39(35)60-22-20-47)25-37(46(58)59)51-42(54)29(4)50-44(41)56/h7,10-19,24,26,29,37-38,41H,2,6,8-9,20-23,25,27,47-49H2,1,3-5H3,(H,50,56)(H,51,54)(H,52,55)(H,58,59)/b28-10+,30-11+/t29-,37-,38-,41-/m0/s1. The second kappa shape index (κ2) is 22.9. The number of nitrogens with two attached hydrogens (primary N) is 3. The molecule has 3 aromatic rings. The Balaban J connectivity index is 1.73. The summed E-state index contributed by atoms with van der Waals surface area (Å²) in [6.07, 6.45) is 8.91. The van der Waals surface area contributed by atoms with Crippen LogP contribution in [0, 0.1) is 0 Å². The Labute approximate surface area is 357 Å². The SMILES string of the molecule is C=C/C(=C\C=C(/C)c1ccc(C(=O)N[C@@H](CN)C(=O)N(C)[C@@H]2C(=O)N[C@@H](C)C(=O)N[C@H](C(=O)O)Cc3ccc(OCCN)c(c3)-c3cc2ccc3OCCN)cc1)CCCC. The van der Waals surface area contributed by atoms with Crippen LogP contribution in [0.3, 0.4) is 0 Å². The molecule has 15 nitrogen and oxygen atoms in total. The van der Waals surface area contributed by atoms with Gasteiger partial charge in [-0.1, -0.05) is 62.4 Å². The predicted molar refractivity (Wildman–Crippen MR) is 236 cm³/mol. The summed E-state index contributed by atoms with van der Waals surface area (Å²) in [6.45, 7) is 9.81. The number of nitrogens with one attached hydrogen (secondary N) is 3. The van der Waals surface area contributed by atoms with Gasteiger partial charge in [-0.2, -0.15) is 0 Å². The highest BCUT2D eigenvalue weighted by atomic mass is 16.5. The molecular weight excluding hydrogens is 779 g/mol. The summed E-state index contributed by atoms with van der Waals surface area (Å²) in [6, 6.07) is 11.7. The molecule has 0 saturated carbocycles. The van der Waals surface area contributed by atoms with Gasteiger partial charge in [-0.05, 0) is 90.9 Å². The second-order valence-corrected chi connectivity index (χ2v) is 14.8. The van der Waals surface area contributed by atoms with Gasteiger partial charge in [0.05, 0.1) is 0 Å². The Morgan fingerprint density at radius 2 is 1.54 bits per heavy atom. The second-order valence-electron chi connectivity index (χ2n) is 14.8. The van der Waals surface area contributed by atoms with Gasteiger partial charge in [0, 0.05) is 49.8 Å². The van der Waals surface area contributed by atoms with Crippen LogP contribution in [0.4, 0.5) is 0 Å². The maximum absolute atomic E-state index is 14.3. The minimum Gasteiger partial charge on any atom is -0.492 e. The van der Waals surface area contributed by atoms with Crippen LogP contribution in [0.1, 0.15) is 73.1 Å². The normalized spacial score (nSPS) is 17.5. The van der Waals surface area contributed by atoms with E-state index in [-0.39, 0.29) is 39.3 Å². The molecule has 10 N–H and O–H groups in total. The molecule has 1 heterocycles. The quantitative estimate of drug-likeness (QED) is 0.0913. The molecule has 0 radical (unpaired) electrons. The average Bonchev–Trinajstić information content (AvgIpc) is 3.26. The number of ether oxygens (including phenoxy) is 2. The van der Waals surface area contributed by atoms with E-state index in [4.69, 9.17) is 26.7 Å². The molecule has 61 heavy (non-hydrogen) atoms. The van der Waals surface area contributed by atoms with Gasteiger partial charge in [0.1, 0.15) is 48.9 Å². The van der Waals surface area contributed by atoms with E-state index in [0.29, 0.717) is 39.3 Å². The van der Waals surface area contributed by atoms with Gasteiger partial charge in [0.15, 0.2) is 0 Å². The summed E-state index contributed by atoms with van der Waals surface area (Å²) in [5.74, 6) is -3.30. The van der Waals surface area contributed by atoms with Gasteiger partial charge >= 0.3 is 5.97 Å². The van der Waals surface area contributed by atoms with Crippen molar-refractivity contribution < 1.29 is 38.6 Å². The smallest absolute Gasteiger partial charge is 0.326 e. The van der Waals surface area contributed by atoms with Crippen molar-refractivity contribution in [2.75, 3.05) is 39.9 Å². The van der Waals surface area contributed by atoms with Crippen LogP contribution < -0.4 is 42.6 Å². The summed E-state index contributed by atoms with van der Waals surface area (Å²) in [5, 5.41) is 18.0. The van der Waals surface area contributed by atoms with Crippen molar-refractivity contribution in [2.45, 2.75) is 70.6 Å². The fraction of sp³-hybridized carbons (Fsp3) is 0.370. The summed E-state index contributed by atoms with van der Waals surface area (Å²) in [4.78, 5) is 69.1. The van der Waals surface area contributed by atoms with Crippen molar-refractivity contribution in [1.82, 2.24) is 20.9 Å². The molecule has 0 spiro atoms. The highest BCUT2D eigenvalue weighted by Crippen LogP contribution is 2.40. The van der Waals surface area contributed by atoms with E-state index < -0.39 is 53.8 Å². The Bertz CT molecular complexity index is 2120. The Morgan fingerprint density at radius 1 is 0.918 bits per heavy atom. The van der Waals surface area contributed by atoms with E-state index in [1.807, 2.05) is 37.3 Å². The minimum absolute atomic E-state index is 0.0921. The maximum atomic E-state index is 14.3. The van der Waals surface area contributed by atoms with Gasteiger partial charge < -0.3 is 52.6 Å². The third-order valence-electron chi connectivity index (χ3n) is 10.3. The molecule has 1 aliphatic rings. The monoisotopic (exact) mass is 837 g/mol. The molecule has 15 heteroatoms. The largest absolute Gasteiger partial charge is 0.492 e. The number of aliphatic carboxylic acids is 1. The third kappa shape index (κ3) is 12.6. The molecule has 4 amide bonds. The lowest BCUT2D eigenvalue weighted by molar-refractivity contribution is -0.143. The number of hydrogen-bond donors (Lipinski definition) is 7. The maximum Gasteiger partial charge on any atom is 0.326 e. The van der Waals surface area contributed by atoms with Gasteiger partial charge in [-0.3, -0.25) is 19.2 Å². The first-order valence-corrected chi connectivity index (χ1v) is 20.4. The summed E-state index contributed by atoms with van der Waals surface area (Å²) in [7, 11) is 1.39. The fourth-order valence-electron chi connectivity index (χ4n) is 6.76. The molecular formula is C46H59N7O8. The Morgan fingerprint density at radius 3 is 2.13 bits per heavy atom. The first-order valence-electron chi connectivity index (χ1n) is 20.4. The minimum atomic E-state index is -1.39. The number of carboxylic acids is 1. The molecule has 3 aromatic carbocycles. The highest BCUT2D eigenvalue weighted by Gasteiger charge is 2.36. The molecule has 0 fully saturated rings. The van der Waals surface area contributed by atoms with Gasteiger partial charge in [-0.25, -0.2) is 4.79 Å². The number of rotatable bonds is 18. The zero-order valence-corrected chi connectivity index (χ0v) is 35.4. The number of carbonyl (C=O) groups is 5. The van der Waals surface area contributed by atoms with Crippen LogP contribution in [-0.2, 0) is 25.6 Å². The number of fused-ring (bicyclic) bond motifs is 5. The molecule has 4 atom stereocenters. The zero-order chi connectivity index (χ0) is 44.6. The Hall–Kier alpha value is -6.29. The van der Waals surface area contributed by atoms with Crippen LogP contribution >= 0.6 is 0 Å². The predicted octanol–water partition coefficient (Wildman–Crippen LogP) is 3.62. The topological polar surface area (TPSA) is 241 Å². The molecule has 4 bridgehead atoms. The van der Waals surface area contributed by atoms with Crippen LogP contribution in [-0.4, -0.2) is 97.6 Å². The van der Waals surface area contributed by atoms with Gasteiger partial charge in [0.2, 0.25) is 17.7 Å². The number of carboxylic acid groups (broad SMARTS) is 1. The molecule has 0 aliphatic carbocycles. The average molecular weight is 838 g/mol. The number of hydrogen-bond acceptors (Lipinski definition) is 10. The van der Waals surface area contributed by atoms with Gasteiger partial charge in [0.25, 0.3) is 5.91 Å². The summed E-state index contributed by atoms with van der Waals surface area (Å²) < 4.78 is 12.0. The fourth-order valence-corrected chi connectivity index (χ4v) is 6.76. The van der Waals surface area contributed by atoms with Crippen LogP contribution in [0.15, 0.2) is 91.0 Å². The van der Waals surface area contributed by atoms with Crippen molar-refractivity contribution in [3.05, 3.63) is 113 Å². The van der Waals surface area contributed by atoms with Crippen LogP contribution in [0.25, 0.3) is 16.7 Å².